The molecule has 2 rings (SSSR count). The van der Waals surface area contributed by atoms with Crippen LogP contribution in [0.2, 0.25) is 8.67 Å². The average molecular weight is 314 g/mol. The maximum Gasteiger partial charge on any atom is 0.258 e. The fourth-order valence-corrected chi connectivity index (χ4v) is 3.34. The van der Waals surface area contributed by atoms with Gasteiger partial charge in [0.05, 0.1) is 9.90 Å². The highest BCUT2D eigenvalue weighted by atomic mass is 35.5. The van der Waals surface area contributed by atoms with E-state index >= 15 is 0 Å². The molecule has 19 heavy (non-hydrogen) atoms. The van der Waals surface area contributed by atoms with E-state index in [1.54, 1.807) is 6.07 Å². The number of amides is 1. The summed E-state index contributed by atoms with van der Waals surface area (Å²) in [5.74, 6) is -0.225. The Morgan fingerprint density at radius 1 is 1.37 bits per heavy atom. The van der Waals surface area contributed by atoms with Gasteiger partial charge in [-0.1, -0.05) is 48.3 Å². The summed E-state index contributed by atoms with van der Waals surface area (Å²) in [6, 6.07) is 7.55. The van der Waals surface area contributed by atoms with Crippen LogP contribution in [-0.4, -0.2) is 5.91 Å². The molecule has 5 heteroatoms. The van der Waals surface area contributed by atoms with Crippen molar-refractivity contribution in [2.24, 2.45) is 0 Å². The quantitative estimate of drug-likeness (QED) is 0.831. The molecule has 0 aliphatic heterocycles. The standard InChI is InChI=1S/C14H13Cl2NOS/c1-3-9-6-4-5-8(2)12(9)17-14(18)10-7-11(15)19-13(10)16/h4-7H,3H2,1-2H3,(H,17,18). The predicted molar refractivity (Wildman–Crippen MR) is 82.8 cm³/mol. The second kappa shape index (κ2) is 5.95. The normalized spacial score (nSPS) is 10.5. The first-order valence-corrected chi connectivity index (χ1v) is 7.44. The van der Waals surface area contributed by atoms with E-state index < -0.39 is 0 Å². The van der Waals surface area contributed by atoms with Crippen molar-refractivity contribution in [3.05, 3.63) is 49.6 Å². The van der Waals surface area contributed by atoms with Gasteiger partial charge in [0.15, 0.2) is 0 Å². The lowest BCUT2D eigenvalue weighted by atomic mass is 10.1. The molecule has 0 fully saturated rings. The monoisotopic (exact) mass is 313 g/mol. The van der Waals surface area contributed by atoms with Crippen molar-refractivity contribution >= 4 is 46.1 Å². The lowest BCUT2D eigenvalue weighted by Crippen LogP contribution is -2.13. The molecule has 0 aliphatic rings. The predicted octanol–water partition coefficient (Wildman–Crippen LogP) is 5.18. The first kappa shape index (κ1) is 14.4. The zero-order chi connectivity index (χ0) is 14.0. The first-order chi connectivity index (χ1) is 9.02. The molecular weight excluding hydrogens is 301 g/mol. The molecule has 2 aromatic rings. The smallest absolute Gasteiger partial charge is 0.258 e. The summed E-state index contributed by atoms with van der Waals surface area (Å²) in [6.45, 7) is 4.02. The highest BCUT2D eigenvalue weighted by Gasteiger charge is 2.16. The van der Waals surface area contributed by atoms with E-state index in [1.165, 1.54) is 11.3 Å². The van der Waals surface area contributed by atoms with Gasteiger partial charge in [-0.25, -0.2) is 0 Å². The van der Waals surface area contributed by atoms with Gasteiger partial charge in [-0.3, -0.25) is 4.79 Å². The van der Waals surface area contributed by atoms with Crippen LogP contribution in [0.4, 0.5) is 5.69 Å². The second-order valence-electron chi connectivity index (χ2n) is 4.15. The number of halogens is 2. The highest BCUT2D eigenvalue weighted by Crippen LogP contribution is 2.32. The van der Waals surface area contributed by atoms with Crippen LogP contribution in [0.1, 0.15) is 28.4 Å². The van der Waals surface area contributed by atoms with Gasteiger partial charge < -0.3 is 5.32 Å². The molecule has 0 saturated heterocycles. The van der Waals surface area contributed by atoms with E-state index in [2.05, 4.69) is 12.2 Å². The SMILES string of the molecule is CCc1cccc(C)c1NC(=O)c1cc(Cl)sc1Cl. The molecular formula is C14H13Cl2NOS. The van der Waals surface area contributed by atoms with Crippen molar-refractivity contribution in [1.29, 1.82) is 0 Å². The van der Waals surface area contributed by atoms with E-state index in [0.717, 1.165) is 23.2 Å². The van der Waals surface area contributed by atoms with E-state index in [-0.39, 0.29) is 5.91 Å². The number of thiophene rings is 1. The minimum absolute atomic E-state index is 0.225. The van der Waals surface area contributed by atoms with E-state index in [1.807, 2.05) is 25.1 Å². The van der Waals surface area contributed by atoms with Crippen molar-refractivity contribution in [3.8, 4) is 0 Å². The number of para-hydroxylation sites is 1. The van der Waals surface area contributed by atoms with Gasteiger partial charge in [0.1, 0.15) is 4.34 Å². The fraction of sp³-hybridized carbons (Fsp3) is 0.214. The lowest BCUT2D eigenvalue weighted by Gasteiger charge is -2.12. The van der Waals surface area contributed by atoms with Crippen molar-refractivity contribution in [2.45, 2.75) is 20.3 Å². The Balaban J connectivity index is 2.31. The number of anilines is 1. The van der Waals surface area contributed by atoms with Gasteiger partial charge in [-0.15, -0.1) is 11.3 Å². The van der Waals surface area contributed by atoms with Gasteiger partial charge in [0, 0.05) is 5.69 Å². The van der Waals surface area contributed by atoms with Crippen LogP contribution in [-0.2, 0) is 6.42 Å². The maximum atomic E-state index is 12.2. The Morgan fingerprint density at radius 3 is 2.68 bits per heavy atom. The van der Waals surface area contributed by atoms with Crippen LogP contribution in [0.15, 0.2) is 24.3 Å². The van der Waals surface area contributed by atoms with Gasteiger partial charge in [0.2, 0.25) is 0 Å². The summed E-state index contributed by atoms with van der Waals surface area (Å²) >= 11 is 13.0. The van der Waals surface area contributed by atoms with Crippen molar-refractivity contribution in [1.82, 2.24) is 0 Å². The number of nitrogens with one attached hydrogen (secondary N) is 1. The molecule has 0 unspecified atom stereocenters. The number of hydrogen-bond donors (Lipinski definition) is 1. The topological polar surface area (TPSA) is 29.1 Å². The summed E-state index contributed by atoms with van der Waals surface area (Å²) in [5, 5.41) is 2.92. The third-order valence-corrected chi connectivity index (χ3v) is 4.37. The highest BCUT2D eigenvalue weighted by molar-refractivity contribution is 7.20. The minimum Gasteiger partial charge on any atom is -0.321 e. The number of carbonyl (C=O) groups excluding carboxylic acids is 1. The largest absolute Gasteiger partial charge is 0.321 e. The molecule has 0 saturated carbocycles. The van der Waals surface area contributed by atoms with Gasteiger partial charge in [0.25, 0.3) is 5.91 Å². The molecule has 1 N–H and O–H groups in total. The molecule has 0 radical (unpaired) electrons. The van der Waals surface area contributed by atoms with Crippen LogP contribution in [0.5, 0.6) is 0 Å². The number of carbonyl (C=O) groups is 1. The van der Waals surface area contributed by atoms with Crippen LogP contribution in [0.25, 0.3) is 0 Å². The number of rotatable bonds is 3. The molecule has 1 heterocycles. The van der Waals surface area contributed by atoms with Crippen LogP contribution < -0.4 is 5.32 Å². The van der Waals surface area contributed by atoms with Crippen LogP contribution >= 0.6 is 34.5 Å². The maximum absolute atomic E-state index is 12.2. The zero-order valence-electron chi connectivity index (χ0n) is 10.6. The second-order valence-corrected chi connectivity index (χ2v) is 6.44. The Morgan fingerprint density at radius 2 is 2.11 bits per heavy atom. The molecule has 0 aliphatic carbocycles. The molecule has 100 valence electrons. The molecule has 1 amide bonds. The van der Waals surface area contributed by atoms with Gasteiger partial charge in [-0.05, 0) is 30.5 Å². The van der Waals surface area contributed by atoms with Crippen molar-refractivity contribution in [2.75, 3.05) is 5.32 Å². The van der Waals surface area contributed by atoms with Crippen LogP contribution in [0, 0.1) is 6.92 Å². The zero-order valence-corrected chi connectivity index (χ0v) is 12.9. The average Bonchev–Trinajstić information content (AvgIpc) is 2.71. The third-order valence-electron chi connectivity index (χ3n) is 2.88. The summed E-state index contributed by atoms with van der Waals surface area (Å²) in [6.07, 6.45) is 0.857. The van der Waals surface area contributed by atoms with E-state index in [4.69, 9.17) is 23.2 Å². The summed E-state index contributed by atoms with van der Waals surface area (Å²) in [4.78, 5) is 12.2. The number of aryl methyl sites for hydroxylation is 2. The Kier molecular flexibility index (Phi) is 4.50. The molecule has 1 aromatic heterocycles. The summed E-state index contributed by atoms with van der Waals surface area (Å²) in [7, 11) is 0. The molecule has 1 aromatic carbocycles. The van der Waals surface area contributed by atoms with Gasteiger partial charge in [-0.2, -0.15) is 0 Å². The Hall–Kier alpha value is -1.03. The van der Waals surface area contributed by atoms with E-state index in [0.29, 0.717) is 14.2 Å². The third kappa shape index (κ3) is 3.11. The summed E-state index contributed by atoms with van der Waals surface area (Å²) in [5.41, 5.74) is 3.41. The molecule has 0 bridgehead atoms. The van der Waals surface area contributed by atoms with Crippen molar-refractivity contribution in [3.63, 3.8) is 0 Å². The van der Waals surface area contributed by atoms with Crippen molar-refractivity contribution < 1.29 is 4.79 Å². The molecule has 0 atom stereocenters. The lowest BCUT2D eigenvalue weighted by molar-refractivity contribution is 0.102. The number of hydrogen-bond acceptors (Lipinski definition) is 2. The van der Waals surface area contributed by atoms with Gasteiger partial charge >= 0.3 is 0 Å². The fourth-order valence-electron chi connectivity index (χ4n) is 1.88. The Bertz CT molecular complexity index is 622. The van der Waals surface area contributed by atoms with E-state index in [9.17, 15) is 4.79 Å². The van der Waals surface area contributed by atoms with Crippen LogP contribution in [0.3, 0.4) is 0 Å². The summed E-state index contributed by atoms with van der Waals surface area (Å²) < 4.78 is 0.921. The number of benzene rings is 1. The first-order valence-electron chi connectivity index (χ1n) is 5.87. The molecule has 0 spiro atoms. The Labute approximate surface area is 126 Å². The minimum atomic E-state index is -0.225. The molecule has 2 nitrogen and oxygen atoms in total.